The van der Waals surface area contributed by atoms with Gasteiger partial charge in [0, 0.05) is 5.54 Å². The summed E-state index contributed by atoms with van der Waals surface area (Å²) in [5.41, 5.74) is 6.73. The Bertz CT molecular complexity index is 178. The second-order valence-electron chi connectivity index (χ2n) is 5.70. The van der Waals surface area contributed by atoms with E-state index in [1.807, 2.05) is 0 Å². The zero-order valence-electron chi connectivity index (χ0n) is 10.9. The largest absolute Gasteiger partial charge is 0.325 e. The molecule has 0 aromatic heterocycles. The third-order valence-electron chi connectivity index (χ3n) is 4.56. The summed E-state index contributed by atoms with van der Waals surface area (Å²) in [7, 11) is 0. The van der Waals surface area contributed by atoms with Gasteiger partial charge < -0.3 is 5.73 Å². The second kappa shape index (κ2) is 5.89. The van der Waals surface area contributed by atoms with Crippen molar-refractivity contribution in [2.75, 3.05) is 0 Å². The molecule has 3 atom stereocenters. The lowest BCUT2D eigenvalue weighted by molar-refractivity contribution is 0.131. The minimum absolute atomic E-state index is 0.158. The molecule has 1 aliphatic carbocycles. The van der Waals surface area contributed by atoms with Crippen molar-refractivity contribution in [1.29, 1.82) is 0 Å². The van der Waals surface area contributed by atoms with Crippen molar-refractivity contribution < 1.29 is 0 Å². The predicted molar refractivity (Wildman–Crippen MR) is 67.9 cm³/mol. The zero-order chi connectivity index (χ0) is 11.3. The Balaban J connectivity index is 2.35. The van der Waals surface area contributed by atoms with Gasteiger partial charge in [-0.15, -0.1) is 0 Å². The summed E-state index contributed by atoms with van der Waals surface area (Å²) in [6, 6.07) is 0. The first-order chi connectivity index (χ1) is 7.10. The maximum Gasteiger partial charge on any atom is 0.0182 e. The van der Waals surface area contributed by atoms with Crippen molar-refractivity contribution in [2.45, 2.75) is 77.7 Å². The van der Waals surface area contributed by atoms with Gasteiger partial charge in [0.15, 0.2) is 0 Å². The van der Waals surface area contributed by atoms with E-state index in [-0.39, 0.29) is 5.54 Å². The molecule has 0 aromatic carbocycles. The van der Waals surface area contributed by atoms with Gasteiger partial charge in [-0.1, -0.05) is 59.3 Å². The normalized spacial score (nSPS) is 36.8. The Morgan fingerprint density at radius 3 is 2.60 bits per heavy atom. The molecule has 1 aliphatic rings. The lowest BCUT2D eigenvalue weighted by Gasteiger charge is -2.43. The molecule has 0 radical (unpaired) electrons. The maximum absolute atomic E-state index is 6.58. The van der Waals surface area contributed by atoms with Crippen LogP contribution in [0.4, 0.5) is 0 Å². The summed E-state index contributed by atoms with van der Waals surface area (Å²) in [6.45, 7) is 7.00. The van der Waals surface area contributed by atoms with Crippen LogP contribution in [-0.4, -0.2) is 5.54 Å². The molecule has 90 valence electrons. The molecule has 0 bridgehead atoms. The number of rotatable bonds is 5. The summed E-state index contributed by atoms with van der Waals surface area (Å²) >= 11 is 0. The molecule has 1 saturated carbocycles. The second-order valence-corrected chi connectivity index (χ2v) is 5.70. The number of nitrogens with two attached hydrogens (primary N) is 1. The van der Waals surface area contributed by atoms with Gasteiger partial charge in [0.05, 0.1) is 0 Å². The summed E-state index contributed by atoms with van der Waals surface area (Å²) in [5.74, 6) is 1.54. The van der Waals surface area contributed by atoms with Gasteiger partial charge in [0.25, 0.3) is 0 Å². The first-order valence-corrected chi connectivity index (χ1v) is 6.89. The molecule has 3 unspecified atom stereocenters. The predicted octanol–water partition coefficient (Wildman–Crippen LogP) is 4.11. The fourth-order valence-electron chi connectivity index (χ4n) is 3.03. The van der Waals surface area contributed by atoms with Crippen LogP contribution in [0.5, 0.6) is 0 Å². The van der Waals surface area contributed by atoms with E-state index >= 15 is 0 Å². The fourth-order valence-corrected chi connectivity index (χ4v) is 3.03. The molecule has 0 aromatic rings. The summed E-state index contributed by atoms with van der Waals surface area (Å²) in [4.78, 5) is 0. The van der Waals surface area contributed by atoms with Gasteiger partial charge >= 0.3 is 0 Å². The zero-order valence-corrected chi connectivity index (χ0v) is 10.9. The van der Waals surface area contributed by atoms with E-state index in [1.165, 1.54) is 51.4 Å². The number of unbranched alkanes of at least 4 members (excludes halogenated alkanes) is 3. The van der Waals surface area contributed by atoms with E-state index in [1.54, 1.807) is 0 Å². The van der Waals surface area contributed by atoms with Gasteiger partial charge in [0.1, 0.15) is 0 Å². The molecule has 1 rings (SSSR count). The van der Waals surface area contributed by atoms with Crippen LogP contribution in [-0.2, 0) is 0 Å². The first kappa shape index (κ1) is 13.0. The molecule has 15 heavy (non-hydrogen) atoms. The highest BCUT2D eigenvalue weighted by Crippen LogP contribution is 2.38. The highest BCUT2D eigenvalue weighted by molar-refractivity contribution is 4.94. The number of hydrogen-bond donors (Lipinski definition) is 1. The van der Waals surface area contributed by atoms with E-state index < -0.39 is 0 Å². The highest BCUT2D eigenvalue weighted by Gasteiger charge is 2.37. The minimum Gasteiger partial charge on any atom is -0.325 e. The Hall–Kier alpha value is -0.0400. The van der Waals surface area contributed by atoms with Crippen LogP contribution >= 0.6 is 0 Å². The SMILES string of the molecule is CCCCCCC1(N)CCCC(C)C1C. The van der Waals surface area contributed by atoms with E-state index in [0.717, 1.165) is 5.92 Å². The molecule has 1 nitrogen and oxygen atoms in total. The van der Waals surface area contributed by atoms with Crippen molar-refractivity contribution in [3.8, 4) is 0 Å². The Morgan fingerprint density at radius 2 is 1.93 bits per heavy atom. The first-order valence-electron chi connectivity index (χ1n) is 6.89. The molecular weight excluding hydrogens is 182 g/mol. The molecule has 0 aliphatic heterocycles. The van der Waals surface area contributed by atoms with Crippen LogP contribution in [0.25, 0.3) is 0 Å². The molecule has 1 fully saturated rings. The van der Waals surface area contributed by atoms with E-state index in [4.69, 9.17) is 5.73 Å². The molecule has 0 heterocycles. The van der Waals surface area contributed by atoms with E-state index in [9.17, 15) is 0 Å². The Labute approximate surface area is 95.8 Å². The molecule has 2 N–H and O–H groups in total. The lowest BCUT2D eigenvalue weighted by Crippen LogP contribution is -2.50. The quantitative estimate of drug-likeness (QED) is 0.680. The van der Waals surface area contributed by atoms with Gasteiger partial charge in [-0.25, -0.2) is 0 Å². The van der Waals surface area contributed by atoms with Gasteiger partial charge in [-0.3, -0.25) is 0 Å². The molecule has 0 spiro atoms. The van der Waals surface area contributed by atoms with Crippen LogP contribution in [0, 0.1) is 11.8 Å². The Morgan fingerprint density at radius 1 is 1.20 bits per heavy atom. The summed E-state index contributed by atoms with van der Waals surface area (Å²) in [6.07, 6.45) is 10.6. The van der Waals surface area contributed by atoms with Crippen LogP contribution in [0.1, 0.15) is 72.1 Å². The van der Waals surface area contributed by atoms with Crippen molar-refractivity contribution in [1.82, 2.24) is 0 Å². The smallest absolute Gasteiger partial charge is 0.0182 e. The lowest BCUT2D eigenvalue weighted by atomic mass is 9.67. The third kappa shape index (κ3) is 3.48. The standard InChI is InChI=1S/C14H29N/c1-4-5-6-7-10-14(15)11-8-9-12(2)13(14)3/h12-13H,4-11,15H2,1-3H3. The van der Waals surface area contributed by atoms with Crippen LogP contribution in [0.3, 0.4) is 0 Å². The average Bonchev–Trinajstić information content (AvgIpc) is 2.21. The number of hydrogen-bond acceptors (Lipinski definition) is 1. The molecular formula is C14H29N. The highest BCUT2D eigenvalue weighted by atomic mass is 14.8. The van der Waals surface area contributed by atoms with Gasteiger partial charge in [-0.2, -0.15) is 0 Å². The van der Waals surface area contributed by atoms with Gasteiger partial charge in [0.2, 0.25) is 0 Å². The maximum atomic E-state index is 6.58. The van der Waals surface area contributed by atoms with Crippen LogP contribution in [0.15, 0.2) is 0 Å². The van der Waals surface area contributed by atoms with E-state index in [0.29, 0.717) is 5.92 Å². The molecule has 0 amide bonds. The molecule has 0 saturated heterocycles. The van der Waals surface area contributed by atoms with Gasteiger partial charge in [-0.05, 0) is 24.7 Å². The minimum atomic E-state index is 0.158. The topological polar surface area (TPSA) is 26.0 Å². The van der Waals surface area contributed by atoms with Crippen molar-refractivity contribution >= 4 is 0 Å². The van der Waals surface area contributed by atoms with Crippen LogP contribution < -0.4 is 5.73 Å². The average molecular weight is 211 g/mol. The van der Waals surface area contributed by atoms with E-state index in [2.05, 4.69) is 20.8 Å². The third-order valence-corrected chi connectivity index (χ3v) is 4.56. The van der Waals surface area contributed by atoms with Crippen LogP contribution in [0.2, 0.25) is 0 Å². The van der Waals surface area contributed by atoms with Crippen molar-refractivity contribution in [2.24, 2.45) is 17.6 Å². The molecule has 1 heteroatoms. The summed E-state index contributed by atoms with van der Waals surface area (Å²) in [5, 5.41) is 0. The Kier molecular flexibility index (Phi) is 5.11. The van der Waals surface area contributed by atoms with Crippen molar-refractivity contribution in [3.05, 3.63) is 0 Å². The fraction of sp³-hybridized carbons (Fsp3) is 1.00. The summed E-state index contributed by atoms with van der Waals surface area (Å²) < 4.78 is 0. The van der Waals surface area contributed by atoms with Crippen molar-refractivity contribution in [3.63, 3.8) is 0 Å². The monoisotopic (exact) mass is 211 g/mol.